The van der Waals surface area contributed by atoms with Gasteiger partial charge in [-0.1, -0.05) is 0 Å². The quantitative estimate of drug-likeness (QED) is 0.294. The molecule has 4 heterocycles. The Kier molecular flexibility index (Phi) is 5.75. The highest BCUT2D eigenvalue weighted by molar-refractivity contribution is 7.19. The number of carbonyl (C=O) groups excluding carboxylic acids is 1. The lowest BCUT2D eigenvalue weighted by molar-refractivity contribution is 0.0902. The molecular weight excluding hydrogens is 464 g/mol. The van der Waals surface area contributed by atoms with Gasteiger partial charge in [0.2, 0.25) is 0 Å². The van der Waals surface area contributed by atoms with Gasteiger partial charge in [0.25, 0.3) is 0 Å². The summed E-state index contributed by atoms with van der Waals surface area (Å²) >= 11 is 1.65. The molecule has 5 aromatic rings. The van der Waals surface area contributed by atoms with Crippen molar-refractivity contribution in [2.24, 2.45) is 0 Å². The van der Waals surface area contributed by atoms with Gasteiger partial charge in [0.1, 0.15) is 23.1 Å². The lowest BCUT2D eigenvalue weighted by Crippen LogP contribution is -2.32. The summed E-state index contributed by atoms with van der Waals surface area (Å²) in [5.41, 5.74) is 3.18. The summed E-state index contributed by atoms with van der Waals surface area (Å²) in [5, 5.41) is 15.5. The first-order valence-electron chi connectivity index (χ1n) is 11.6. The van der Waals surface area contributed by atoms with E-state index in [4.69, 9.17) is 4.74 Å². The van der Waals surface area contributed by atoms with Crippen molar-refractivity contribution in [2.45, 2.75) is 38.3 Å². The van der Waals surface area contributed by atoms with Crippen molar-refractivity contribution in [2.75, 3.05) is 11.9 Å². The number of anilines is 2. The standard InChI is InChI=1S/C24H24N8O2S/c33-24(26-6-1-8-32-9-7-25-14-32)34-17-3-4-18-20(11-17)35-23-21(18)22(27-13-28-23)30-16-2-5-19-15(10-16)12-29-31-19/h2,5,7,9-10,12-14,17H,1,3-4,6,8,11H2,(H,26,33)(H,29,31)(H,27,28,30). The van der Waals surface area contributed by atoms with Crippen LogP contribution < -0.4 is 10.6 Å². The molecule has 4 aromatic heterocycles. The Bertz CT molecular complexity index is 1480. The number of alkyl carbamates (subject to hydrolysis) is 1. The normalized spacial score (nSPS) is 15.3. The number of rotatable bonds is 7. The molecule has 1 aliphatic carbocycles. The van der Waals surface area contributed by atoms with Crippen LogP contribution in [0, 0.1) is 0 Å². The second-order valence-corrected chi connectivity index (χ2v) is 9.64. The number of amides is 1. The molecular formula is C24H24N8O2S. The maximum absolute atomic E-state index is 12.3. The molecule has 3 N–H and O–H groups in total. The number of ether oxygens (including phenoxy) is 1. The molecule has 1 aliphatic rings. The van der Waals surface area contributed by atoms with Crippen LogP contribution in [0.1, 0.15) is 23.3 Å². The van der Waals surface area contributed by atoms with Crippen molar-refractivity contribution in [3.8, 4) is 0 Å². The van der Waals surface area contributed by atoms with Crippen molar-refractivity contribution in [1.82, 2.24) is 35.0 Å². The predicted molar refractivity (Wildman–Crippen MR) is 134 cm³/mol. The summed E-state index contributed by atoms with van der Waals surface area (Å²) in [4.78, 5) is 27.5. The number of hydrogen-bond donors (Lipinski definition) is 3. The highest BCUT2D eigenvalue weighted by Crippen LogP contribution is 2.39. The summed E-state index contributed by atoms with van der Waals surface area (Å²) in [6, 6.07) is 6.05. The van der Waals surface area contributed by atoms with Crippen LogP contribution in [0.15, 0.2) is 49.4 Å². The van der Waals surface area contributed by atoms with E-state index in [1.807, 2.05) is 29.0 Å². The fraction of sp³-hybridized carbons (Fsp3) is 0.292. The Hall–Kier alpha value is -3.99. The summed E-state index contributed by atoms with van der Waals surface area (Å²) < 4.78 is 7.70. The fourth-order valence-electron chi connectivity index (χ4n) is 4.50. The van der Waals surface area contributed by atoms with E-state index in [0.717, 1.165) is 58.4 Å². The number of fused-ring (bicyclic) bond motifs is 4. The number of hydrogen-bond acceptors (Lipinski definition) is 8. The van der Waals surface area contributed by atoms with E-state index in [0.29, 0.717) is 13.0 Å². The van der Waals surface area contributed by atoms with Crippen LogP contribution in [0.25, 0.3) is 21.1 Å². The molecule has 1 amide bonds. The van der Waals surface area contributed by atoms with Crippen molar-refractivity contribution in [3.63, 3.8) is 0 Å². The molecule has 1 aromatic carbocycles. The second kappa shape index (κ2) is 9.34. The molecule has 6 rings (SSSR count). The van der Waals surface area contributed by atoms with Crippen molar-refractivity contribution >= 4 is 50.1 Å². The van der Waals surface area contributed by atoms with E-state index >= 15 is 0 Å². The number of aromatic amines is 1. The predicted octanol–water partition coefficient (Wildman–Crippen LogP) is 4.18. The van der Waals surface area contributed by atoms with Crippen molar-refractivity contribution in [1.29, 1.82) is 0 Å². The van der Waals surface area contributed by atoms with Crippen LogP contribution in [0.5, 0.6) is 0 Å². The van der Waals surface area contributed by atoms with Crippen LogP contribution in [-0.4, -0.2) is 48.5 Å². The molecule has 1 unspecified atom stereocenters. The van der Waals surface area contributed by atoms with Gasteiger partial charge in [-0.3, -0.25) is 5.10 Å². The molecule has 178 valence electrons. The number of aryl methyl sites for hydroxylation is 2. The zero-order chi connectivity index (χ0) is 23.6. The van der Waals surface area contributed by atoms with E-state index < -0.39 is 0 Å². The van der Waals surface area contributed by atoms with Crippen LogP contribution >= 0.6 is 11.3 Å². The number of aromatic nitrogens is 6. The topological polar surface area (TPSA) is 123 Å². The first kappa shape index (κ1) is 21.5. The highest BCUT2D eigenvalue weighted by atomic mass is 32.1. The molecule has 10 nitrogen and oxygen atoms in total. The fourth-order valence-corrected chi connectivity index (χ4v) is 5.75. The Morgan fingerprint density at radius 2 is 2.29 bits per heavy atom. The SMILES string of the molecule is O=C(NCCCn1ccnc1)OC1CCc2c(sc3ncnc(Nc4ccc5[nH]ncc5c4)c23)C1. The minimum atomic E-state index is -0.359. The second-order valence-electron chi connectivity index (χ2n) is 8.55. The number of H-pyrrole nitrogens is 1. The lowest BCUT2D eigenvalue weighted by atomic mass is 9.94. The zero-order valence-corrected chi connectivity index (χ0v) is 19.7. The van der Waals surface area contributed by atoms with Gasteiger partial charge in [0.15, 0.2) is 0 Å². The van der Waals surface area contributed by atoms with Gasteiger partial charge < -0.3 is 19.9 Å². The van der Waals surface area contributed by atoms with E-state index in [1.165, 1.54) is 10.4 Å². The Morgan fingerprint density at radius 1 is 1.31 bits per heavy atom. The summed E-state index contributed by atoms with van der Waals surface area (Å²) in [7, 11) is 0. The number of thiophene rings is 1. The van der Waals surface area contributed by atoms with Crippen LogP contribution in [0.3, 0.4) is 0 Å². The number of imidazole rings is 1. The molecule has 0 fully saturated rings. The third-order valence-corrected chi connectivity index (χ3v) is 7.36. The smallest absolute Gasteiger partial charge is 0.407 e. The molecule has 0 aliphatic heterocycles. The monoisotopic (exact) mass is 488 g/mol. The maximum atomic E-state index is 12.3. The molecule has 0 saturated heterocycles. The average molecular weight is 489 g/mol. The maximum Gasteiger partial charge on any atom is 0.407 e. The van der Waals surface area contributed by atoms with Crippen LogP contribution in [-0.2, 0) is 24.1 Å². The van der Waals surface area contributed by atoms with Gasteiger partial charge in [-0.05, 0) is 43.0 Å². The number of carbonyl (C=O) groups is 1. The van der Waals surface area contributed by atoms with Crippen molar-refractivity contribution in [3.05, 3.63) is 59.9 Å². The van der Waals surface area contributed by atoms with Crippen LogP contribution in [0.2, 0.25) is 0 Å². The van der Waals surface area contributed by atoms with Crippen LogP contribution in [0.4, 0.5) is 16.3 Å². The zero-order valence-electron chi connectivity index (χ0n) is 18.9. The number of nitrogens with zero attached hydrogens (tertiary/aromatic N) is 5. The third kappa shape index (κ3) is 4.54. The third-order valence-electron chi connectivity index (χ3n) is 6.20. The first-order chi connectivity index (χ1) is 17.2. The lowest BCUT2D eigenvalue weighted by Gasteiger charge is -2.23. The Labute approximate surface area is 204 Å². The minimum absolute atomic E-state index is 0.142. The summed E-state index contributed by atoms with van der Waals surface area (Å²) in [6.07, 6.45) is 11.4. The molecule has 11 heteroatoms. The van der Waals surface area contributed by atoms with E-state index in [2.05, 4.69) is 35.8 Å². The van der Waals surface area contributed by atoms with Gasteiger partial charge in [-0.25, -0.2) is 19.7 Å². The number of benzene rings is 1. The molecule has 0 bridgehead atoms. The van der Waals surface area contributed by atoms with Gasteiger partial charge in [0, 0.05) is 47.9 Å². The highest BCUT2D eigenvalue weighted by Gasteiger charge is 2.27. The first-order valence-corrected chi connectivity index (χ1v) is 12.4. The molecule has 0 saturated carbocycles. The molecule has 0 radical (unpaired) electrons. The summed E-state index contributed by atoms with van der Waals surface area (Å²) in [5.74, 6) is 0.797. The van der Waals surface area contributed by atoms with Gasteiger partial charge in [0.05, 0.1) is 23.4 Å². The van der Waals surface area contributed by atoms with E-state index in [-0.39, 0.29) is 12.2 Å². The molecule has 35 heavy (non-hydrogen) atoms. The Morgan fingerprint density at radius 3 is 3.20 bits per heavy atom. The van der Waals surface area contributed by atoms with Gasteiger partial charge in [-0.15, -0.1) is 11.3 Å². The molecule has 1 atom stereocenters. The van der Waals surface area contributed by atoms with Gasteiger partial charge >= 0.3 is 6.09 Å². The average Bonchev–Trinajstić information content (AvgIpc) is 3.61. The van der Waals surface area contributed by atoms with E-state index in [9.17, 15) is 4.79 Å². The largest absolute Gasteiger partial charge is 0.446 e. The van der Waals surface area contributed by atoms with E-state index in [1.54, 1.807) is 36.4 Å². The Balaban J connectivity index is 1.11. The number of nitrogens with one attached hydrogen (secondary N) is 3. The van der Waals surface area contributed by atoms with Crippen molar-refractivity contribution < 1.29 is 9.53 Å². The summed E-state index contributed by atoms with van der Waals surface area (Å²) in [6.45, 7) is 1.37. The van der Waals surface area contributed by atoms with Gasteiger partial charge in [-0.2, -0.15) is 5.10 Å². The molecule has 0 spiro atoms. The minimum Gasteiger partial charge on any atom is -0.446 e.